The van der Waals surface area contributed by atoms with Gasteiger partial charge in [0.05, 0.1) is 19.3 Å². The molecule has 0 heterocycles. The highest BCUT2D eigenvalue weighted by molar-refractivity contribution is 5.88. The predicted molar refractivity (Wildman–Crippen MR) is 69.1 cm³/mol. The zero-order valence-electron chi connectivity index (χ0n) is 11.1. The largest absolute Gasteiger partial charge is 0.496 e. The zero-order chi connectivity index (χ0) is 13.5. The number of hydrogen-bond donors (Lipinski definition) is 1. The summed E-state index contributed by atoms with van der Waals surface area (Å²) in [4.78, 5) is 10.9. The van der Waals surface area contributed by atoms with Gasteiger partial charge in [0.2, 0.25) is 0 Å². The maximum Gasteiger partial charge on any atom is 0.335 e. The molecule has 100 valence electrons. The fourth-order valence-electron chi connectivity index (χ4n) is 1.53. The molecule has 1 N–H and O–H groups in total. The summed E-state index contributed by atoms with van der Waals surface area (Å²) in [6.07, 6.45) is 0.987. The Labute approximate surface area is 108 Å². The molecule has 18 heavy (non-hydrogen) atoms. The van der Waals surface area contributed by atoms with Crippen LogP contribution in [0.5, 0.6) is 5.75 Å². The Morgan fingerprint density at radius 2 is 2.11 bits per heavy atom. The molecule has 1 rings (SSSR count). The number of aromatic carboxylic acids is 1. The molecule has 0 aliphatic rings. The van der Waals surface area contributed by atoms with Crippen LogP contribution >= 0.6 is 0 Å². The third-order valence-electron chi connectivity index (χ3n) is 2.62. The number of methoxy groups -OCH3 is 1. The number of carboxylic acid groups (broad SMARTS) is 1. The molecule has 0 aliphatic carbocycles. The molecule has 0 saturated carbocycles. The fourth-order valence-corrected chi connectivity index (χ4v) is 1.53. The van der Waals surface area contributed by atoms with Gasteiger partial charge in [0.25, 0.3) is 0 Å². The molecule has 1 aromatic rings. The van der Waals surface area contributed by atoms with Crippen molar-refractivity contribution in [3.63, 3.8) is 0 Å². The normalized spacial score (nSPS) is 10.7. The Morgan fingerprint density at radius 3 is 2.67 bits per heavy atom. The lowest BCUT2D eigenvalue weighted by Gasteiger charge is -2.11. The number of rotatable bonds is 7. The maximum atomic E-state index is 10.9. The van der Waals surface area contributed by atoms with Gasteiger partial charge in [0.1, 0.15) is 5.75 Å². The zero-order valence-corrected chi connectivity index (χ0v) is 11.1. The highest BCUT2D eigenvalue weighted by Gasteiger charge is 2.09. The van der Waals surface area contributed by atoms with Crippen LogP contribution in [0.1, 0.15) is 36.2 Å². The summed E-state index contributed by atoms with van der Waals surface area (Å²) in [6.45, 7) is 5.30. The summed E-state index contributed by atoms with van der Waals surface area (Å²) < 4.78 is 10.7. The van der Waals surface area contributed by atoms with E-state index in [0.29, 0.717) is 24.9 Å². The Hall–Kier alpha value is -1.55. The van der Waals surface area contributed by atoms with Crippen LogP contribution in [0.25, 0.3) is 0 Å². The molecule has 0 spiro atoms. The minimum atomic E-state index is -0.943. The van der Waals surface area contributed by atoms with E-state index >= 15 is 0 Å². The van der Waals surface area contributed by atoms with Crippen LogP contribution in [0.4, 0.5) is 0 Å². The lowest BCUT2D eigenvalue weighted by atomic mass is 10.1. The molecule has 0 aromatic heterocycles. The summed E-state index contributed by atoms with van der Waals surface area (Å²) in [6, 6.07) is 4.78. The van der Waals surface area contributed by atoms with Crippen molar-refractivity contribution in [2.24, 2.45) is 5.92 Å². The van der Waals surface area contributed by atoms with E-state index in [1.807, 2.05) is 0 Å². The van der Waals surface area contributed by atoms with Gasteiger partial charge in [0, 0.05) is 12.2 Å². The summed E-state index contributed by atoms with van der Waals surface area (Å²) in [5, 5.41) is 8.94. The Balaban J connectivity index is 2.66. The van der Waals surface area contributed by atoms with Crippen molar-refractivity contribution in [3.05, 3.63) is 29.3 Å². The molecule has 0 atom stereocenters. The Morgan fingerprint density at radius 1 is 1.39 bits per heavy atom. The molecule has 4 nitrogen and oxygen atoms in total. The van der Waals surface area contributed by atoms with Crippen LogP contribution in [0.3, 0.4) is 0 Å². The van der Waals surface area contributed by atoms with Crippen LogP contribution in [0.15, 0.2) is 18.2 Å². The molecular formula is C14H20O4. The van der Waals surface area contributed by atoms with Gasteiger partial charge in [-0.2, -0.15) is 0 Å². The van der Waals surface area contributed by atoms with E-state index in [9.17, 15) is 4.79 Å². The molecule has 0 unspecified atom stereocenters. The number of carbonyl (C=O) groups is 1. The van der Waals surface area contributed by atoms with E-state index in [4.69, 9.17) is 14.6 Å². The highest BCUT2D eigenvalue weighted by atomic mass is 16.5. The second kappa shape index (κ2) is 7.01. The van der Waals surface area contributed by atoms with Crippen molar-refractivity contribution in [2.45, 2.75) is 26.9 Å². The van der Waals surface area contributed by atoms with Crippen LogP contribution < -0.4 is 4.74 Å². The number of hydrogen-bond acceptors (Lipinski definition) is 3. The van der Waals surface area contributed by atoms with Crippen molar-refractivity contribution < 1.29 is 19.4 Å². The van der Waals surface area contributed by atoms with Crippen molar-refractivity contribution in [1.82, 2.24) is 0 Å². The van der Waals surface area contributed by atoms with Crippen LogP contribution in [0.2, 0.25) is 0 Å². The summed E-state index contributed by atoms with van der Waals surface area (Å²) >= 11 is 0. The lowest BCUT2D eigenvalue weighted by molar-refractivity contribution is 0.0696. The summed E-state index contributed by atoms with van der Waals surface area (Å²) in [5.74, 6) is 0.308. The molecule has 1 aromatic carbocycles. The van der Waals surface area contributed by atoms with E-state index in [2.05, 4.69) is 13.8 Å². The molecule has 0 radical (unpaired) electrons. The van der Waals surface area contributed by atoms with Gasteiger partial charge in [-0.15, -0.1) is 0 Å². The topological polar surface area (TPSA) is 55.8 Å². The quantitative estimate of drug-likeness (QED) is 0.758. The smallest absolute Gasteiger partial charge is 0.335 e. The molecule has 0 saturated heterocycles. The first-order valence-electron chi connectivity index (χ1n) is 6.02. The van der Waals surface area contributed by atoms with Gasteiger partial charge in [0.15, 0.2) is 0 Å². The first-order valence-corrected chi connectivity index (χ1v) is 6.02. The standard InChI is InChI=1S/C14H20O4/c1-10(2)6-7-18-9-12-8-11(14(15)16)4-5-13(12)17-3/h4-5,8,10H,6-7,9H2,1-3H3,(H,15,16). The highest BCUT2D eigenvalue weighted by Crippen LogP contribution is 2.21. The van der Waals surface area contributed by atoms with Crippen molar-refractivity contribution >= 4 is 5.97 Å². The first kappa shape index (κ1) is 14.5. The van der Waals surface area contributed by atoms with Crippen molar-refractivity contribution in [1.29, 1.82) is 0 Å². The molecule has 0 amide bonds. The van der Waals surface area contributed by atoms with Gasteiger partial charge in [-0.1, -0.05) is 13.8 Å². The van der Waals surface area contributed by atoms with Gasteiger partial charge in [-0.05, 0) is 30.5 Å². The summed E-state index contributed by atoms with van der Waals surface area (Å²) in [7, 11) is 1.56. The van der Waals surface area contributed by atoms with Crippen LogP contribution in [-0.4, -0.2) is 24.8 Å². The second-order valence-corrected chi connectivity index (χ2v) is 4.57. The monoisotopic (exact) mass is 252 g/mol. The van der Waals surface area contributed by atoms with E-state index in [-0.39, 0.29) is 5.56 Å². The second-order valence-electron chi connectivity index (χ2n) is 4.57. The summed E-state index contributed by atoms with van der Waals surface area (Å²) in [5.41, 5.74) is 1.01. The maximum absolute atomic E-state index is 10.9. The molecule has 0 bridgehead atoms. The SMILES string of the molecule is COc1ccc(C(=O)O)cc1COCCC(C)C. The first-order chi connectivity index (χ1) is 8.54. The third-order valence-corrected chi connectivity index (χ3v) is 2.62. The fraction of sp³-hybridized carbons (Fsp3) is 0.500. The van der Waals surface area contributed by atoms with E-state index < -0.39 is 5.97 Å². The van der Waals surface area contributed by atoms with Crippen molar-refractivity contribution in [2.75, 3.05) is 13.7 Å². The molecule has 0 aliphatic heterocycles. The van der Waals surface area contributed by atoms with Gasteiger partial charge in [-0.3, -0.25) is 0 Å². The minimum absolute atomic E-state index is 0.248. The van der Waals surface area contributed by atoms with E-state index in [1.165, 1.54) is 6.07 Å². The minimum Gasteiger partial charge on any atom is -0.496 e. The van der Waals surface area contributed by atoms with Gasteiger partial charge in [-0.25, -0.2) is 4.79 Å². The van der Waals surface area contributed by atoms with Gasteiger partial charge < -0.3 is 14.6 Å². The number of carboxylic acids is 1. The number of benzene rings is 1. The van der Waals surface area contributed by atoms with Crippen molar-refractivity contribution in [3.8, 4) is 5.75 Å². The van der Waals surface area contributed by atoms with E-state index in [0.717, 1.165) is 12.0 Å². The molecule has 0 fully saturated rings. The Bertz CT molecular complexity index is 399. The lowest BCUT2D eigenvalue weighted by Crippen LogP contribution is -2.03. The van der Waals surface area contributed by atoms with Gasteiger partial charge >= 0.3 is 5.97 Å². The van der Waals surface area contributed by atoms with Crippen LogP contribution in [-0.2, 0) is 11.3 Å². The van der Waals surface area contributed by atoms with Crippen LogP contribution in [0, 0.1) is 5.92 Å². The Kier molecular flexibility index (Phi) is 5.65. The predicted octanol–water partition coefficient (Wildman–Crippen LogP) is 2.96. The van der Waals surface area contributed by atoms with E-state index in [1.54, 1.807) is 19.2 Å². The average molecular weight is 252 g/mol. The third kappa shape index (κ3) is 4.37. The molecule has 4 heteroatoms. The molecular weight excluding hydrogens is 232 g/mol. The number of ether oxygens (including phenoxy) is 2. The average Bonchev–Trinajstić information content (AvgIpc) is 2.34.